The predicted octanol–water partition coefficient (Wildman–Crippen LogP) is 3.77. The zero-order valence-electron chi connectivity index (χ0n) is 12.3. The van der Waals surface area contributed by atoms with Crippen LogP contribution in [0.2, 0.25) is 0 Å². The maximum absolute atomic E-state index is 12.5. The average Bonchev–Trinajstić information content (AvgIpc) is 2.85. The van der Waals surface area contributed by atoms with E-state index in [-0.39, 0.29) is 5.91 Å². The molecule has 3 heteroatoms. The molecule has 2 N–H and O–H groups in total. The molecular formula is C18H20N2O. The monoisotopic (exact) mass is 280 g/mol. The van der Waals surface area contributed by atoms with Crippen molar-refractivity contribution in [2.45, 2.75) is 32.7 Å². The van der Waals surface area contributed by atoms with Gasteiger partial charge in [0.15, 0.2) is 0 Å². The van der Waals surface area contributed by atoms with Crippen molar-refractivity contribution in [1.82, 2.24) is 0 Å². The van der Waals surface area contributed by atoms with Gasteiger partial charge in [-0.2, -0.15) is 0 Å². The van der Waals surface area contributed by atoms with E-state index >= 15 is 0 Å². The van der Waals surface area contributed by atoms with E-state index in [2.05, 4.69) is 19.1 Å². The van der Waals surface area contributed by atoms with Gasteiger partial charge in [-0.15, -0.1) is 0 Å². The largest absolute Gasteiger partial charge is 0.398 e. The number of carbonyl (C=O) groups is 1. The van der Waals surface area contributed by atoms with Gasteiger partial charge in [0.25, 0.3) is 5.91 Å². The van der Waals surface area contributed by atoms with Gasteiger partial charge in [-0.3, -0.25) is 4.79 Å². The normalized spacial score (nSPS) is 13.6. The van der Waals surface area contributed by atoms with Crippen molar-refractivity contribution in [3.8, 4) is 0 Å². The quantitative estimate of drug-likeness (QED) is 0.866. The summed E-state index contributed by atoms with van der Waals surface area (Å²) in [5.74, 6) is 0.0404. The number of aryl methyl sites for hydroxylation is 1. The fourth-order valence-electron chi connectivity index (χ4n) is 2.79. The van der Waals surface area contributed by atoms with Crippen LogP contribution < -0.4 is 10.6 Å². The van der Waals surface area contributed by atoms with E-state index in [0.29, 0.717) is 12.2 Å². The number of benzene rings is 2. The third-order valence-electron chi connectivity index (χ3n) is 4.07. The number of unbranched alkanes of at least 4 members (excludes halogenated alkanes) is 1. The number of fused-ring (bicyclic) bond motifs is 1. The van der Waals surface area contributed by atoms with Crippen molar-refractivity contribution < 1.29 is 4.79 Å². The zero-order chi connectivity index (χ0) is 14.8. The minimum Gasteiger partial charge on any atom is -0.398 e. The van der Waals surface area contributed by atoms with Crippen molar-refractivity contribution in [3.63, 3.8) is 0 Å². The lowest BCUT2D eigenvalue weighted by Gasteiger charge is -2.16. The number of nitrogen functional groups attached to an aromatic ring is 1. The summed E-state index contributed by atoms with van der Waals surface area (Å²) in [6.45, 7) is 2.76. The van der Waals surface area contributed by atoms with E-state index in [0.717, 1.165) is 23.2 Å². The Bertz CT molecular complexity index is 661. The van der Waals surface area contributed by atoms with Crippen molar-refractivity contribution >= 4 is 17.3 Å². The Labute approximate surface area is 125 Å². The first-order chi connectivity index (χ1) is 10.2. The van der Waals surface area contributed by atoms with Crippen LogP contribution in [0.3, 0.4) is 0 Å². The van der Waals surface area contributed by atoms with Gasteiger partial charge in [0.05, 0.1) is 6.54 Å². The number of rotatable bonds is 4. The molecule has 0 saturated heterocycles. The predicted molar refractivity (Wildman–Crippen MR) is 86.4 cm³/mol. The summed E-state index contributed by atoms with van der Waals surface area (Å²) in [6, 6.07) is 13.8. The number of hydrogen-bond donors (Lipinski definition) is 1. The molecule has 1 heterocycles. The first-order valence-electron chi connectivity index (χ1n) is 7.49. The Hall–Kier alpha value is -2.29. The van der Waals surface area contributed by atoms with E-state index in [4.69, 9.17) is 5.73 Å². The smallest absolute Gasteiger partial charge is 0.259 e. The molecule has 3 rings (SSSR count). The molecule has 2 aromatic rings. The Kier molecular flexibility index (Phi) is 3.65. The number of anilines is 2. The molecule has 1 aliphatic heterocycles. The van der Waals surface area contributed by atoms with Crippen LogP contribution in [0.4, 0.5) is 11.4 Å². The molecule has 0 unspecified atom stereocenters. The van der Waals surface area contributed by atoms with Gasteiger partial charge in [-0.1, -0.05) is 31.5 Å². The number of hydrogen-bond acceptors (Lipinski definition) is 2. The van der Waals surface area contributed by atoms with Crippen LogP contribution in [0.25, 0.3) is 0 Å². The van der Waals surface area contributed by atoms with E-state index in [9.17, 15) is 4.79 Å². The first-order valence-corrected chi connectivity index (χ1v) is 7.49. The molecule has 0 saturated carbocycles. The minimum absolute atomic E-state index is 0.0404. The molecule has 0 radical (unpaired) electrons. The second kappa shape index (κ2) is 5.60. The second-order valence-electron chi connectivity index (χ2n) is 5.53. The summed E-state index contributed by atoms with van der Waals surface area (Å²) >= 11 is 0. The van der Waals surface area contributed by atoms with Crippen LogP contribution in [0.15, 0.2) is 42.5 Å². The van der Waals surface area contributed by atoms with Gasteiger partial charge in [-0.05, 0) is 42.7 Å². The third kappa shape index (κ3) is 2.51. The van der Waals surface area contributed by atoms with Crippen molar-refractivity contribution in [2.24, 2.45) is 0 Å². The van der Waals surface area contributed by atoms with E-state index in [1.165, 1.54) is 18.4 Å². The zero-order valence-corrected chi connectivity index (χ0v) is 12.3. The second-order valence-corrected chi connectivity index (χ2v) is 5.53. The number of amides is 1. The molecule has 1 aliphatic rings. The average molecular weight is 280 g/mol. The van der Waals surface area contributed by atoms with Gasteiger partial charge >= 0.3 is 0 Å². The summed E-state index contributed by atoms with van der Waals surface area (Å²) in [7, 11) is 0. The number of nitrogens with zero attached hydrogens (tertiary/aromatic N) is 1. The molecule has 0 aliphatic carbocycles. The van der Waals surface area contributed by atoms with E-state index in [1.54, 1.807) is 4.90 Å². The SMILES string of the molecule is CCCCc1ccc(N2Cc3c(N)cccc3C2=O)cc1. The summed E-state index contributed by atoms with van der Waals surface area (Å²) in [5.41, 5.74) is 10.6. The standard InChI is InChI=1S/C18H20N2O/c1-2-3-5-13-8-10-14(11-9-13)20-12-16-15(18(20)21)6-4-7-17(16)19/h4,6-11H,2-3,5,12,19H2,1H3. The Morgan fingerprint density at radius 3 is 2.57 bits per heavy atom. The van der Waals surface area contributed by atoms with Crippen LogP contribution in [0.5, 0.6) is 0 Å². The number of nitrogens with two attached hydrogens (primary N) is 1. The number of carbonyl (C=O) groups excluding carboxylic acids is 1. The molecule has 0 aromatic heterocycles. The highest BCUT2D eigenvalue weighted by Crippen LogP contribution is 2.31. The lowest BCUT2D eigenvalue weighted by Crippen LogP contribution is -2.22. The molecule has 0 spiro atoms. The van der Waals surface area contributed by atoms with Crippen molar-refractivity contribution in [3.05, 3.63) is 59.2 Å². The maximum Gasteiger partial charge on any atom is 0.259 e. The minimum atomic E-state index is 0.0404. The van der Waals surface area contributed by atoms with E-state index in [1.807, 2.05) is 30.3 Å². The van der Waals surface area contributed by atoms with Crippen LogP contribution in [0, 0.1) is 0 Å². The molecule has 21 heavy (non-hydrogen) atoms. The molecule has 0 bridgehead atoms. The lowest BCUT2D eigenvalue weighted by atomic mass is 10.1. The molecule has 0 atom stereocenters. The van der Waals surface area contributed by atoms with Crippen LogP contribution in [-0.2, 0) is 13.0 Å². The summed E-state index contributed by atoms with van der Waals surface area (Å²) in [4.78, 5) is 14.3. The maximum atomic E-state index is 12.5. The molecule has 1 amide bonds. The Morgan fingerprint density at radius 1 is 1.14 bits per heavy atom. The fraction of sp³-hybridized carbons (Fsp3) is 0.278. The topological polar surface area (TPSA) is 46.3 Å². The van der Waals surface area contributed by atoms with Gasteiger partial charge in [0, 0.05) is 22.5 Å². The molecule has 3 nitrogen and oxygen atoms in total. The lowest BCUT2D eigenvalue weighted by molar-refractivity contribution is 0.0996. The van der Waals surface area contributed by atoms with Crippen LogP contribution in [0.1, 0.15) is 41.3 Å². The van der Waals surface area contributed by atoms with Crippen molar-refractivity contribution in [2.75, 3.05) is 10.6 Å². The summed E-state index contributed by atoms with van der Waals surface area (Å²) in [6.07, 6.45) is 3.49. The summed E-state index contributed by atoms with van der Waals surface area (Å²) in [5, 5.41) is 0. The molecule has 2 aromatic carbocycles. The van der Waals surface area contributed by atoms with E-state index < -0.39 is 0 Å². The van der Waals surface area contributed by atoms with Crippen molar-refractivity contribution in [1.29, 1.82) is 0 Å². The fourth-order valence-corrected chi connectivity index (χ4v) is 2.79. The van der Waals surface area contributed by atoms with Crippen LogP contribution >= 0.6 is 0 Å². The molecule has 0 fully saturated rings. The van der Waals surface area contributed by atoms with Gasteiger partial charge in [0.1, 0.15) is 0 Å². The third-order valence-corrected chi connectivity index (χ3v) is 4.07. The first kappa shape index (κ1) is 13.7. The molecular weight excluding hydrogens is 260 g/mol. The van der Waals surface area contributed by atoms with Gasteiger partial charge in [-0.25, -0.2) is 0 Å². The molecule has 108 valence electrons. The van der Waals surface area contributed by atoms with Gasteiger partial charge in [0.2, 0.25) is 0 Å². The highest BCUT2D eigenvalue weighted by atomic mass is 16.2. The summed E-state index contributed by atoms with van der Waals surface area (Å²) < 4.78 is 0. The van der Waals surface area contributed by atoms with Gasteiger partial charge < -0.3 is 10.6 Å². The Balaban J connectivity index is 1.83. The Morgan fingerprint density at radius 2 is 1.90 bits per heavy atom. The highest BCUT2D eigenvalue weighted by Gasteiger charge is 2.29. The van der Waals surface area contributed by atoms with Crippen LogP contribution in [-0.4, -0.2) is 5.91 Å². The highest BCUT2D eigenvalue weighted by molar-refractivity contribution is 6.11.